The van der Waals surface area contributed by atoms with Gasteiger partial charge in [0.25, 0.3) is 11.5 Å². The molecule has 2 aromatic heterocycles. The van der Waals surface area contributed by atoms with Gasteiger partial charge in [-0.2, -0.15) is 9.61 Å². The SMILES string of the molecule is CC(C)(C)c1cc2n(CC(=O)O)c3c(c(=O)n2n1)CN(C1CCOCC1)C3=O. The molecule has 0 spiro atoms. The number of amides is 1. The van der Waals surface area contributed by atoms with Crippen molar-refractivity contribution < 1.29 is 19.4 Å². The molecule has 2 aliphatic heterocycles. The Bertz CT molecular complexity index is 1020. The van der Waals surface area contributed by atoms with Crippen LogP contribution in [0, 0.1) is 0 Å². The number of carbonyl (C=O) groups is 2. The van der Waals surface area contributed by atoms with E-state index in [9.17, 15) is 19.5 Å². The highest BCUT2D eigenvalue weighted by molar-refractivity contribution is 5.97. The van der Waals surface area contributed by atoms with E-state index in [0.29, 0.717) is 43.0 Å². The number of aromatic nitrogens is 3. The van der Waals surface area contributed by atoms with Crippen LogP contribution in [0.25, 0.3) is 5.65 Å². The maximum atomic E-state index is 13.2. The smallest absolute Gasteiger partial charge is 0.323 e. The van der Waals surface area contributed by atoms with Crippen LogP contribution in [-0.4, -0.2) is 55.3 Å². The van der Waals surface area contributed by atoms with E-state index in [2.05, 4.69) is 5.10 Å². The molecule has 4 heterocycles. The minimum atomic E-state index is -1.08. The number of hydrogen-bond donors (Lipinski definition) is 1. The Morgan fingerprint density at radius 2 is 1.96 bits per heavy atom. The van der Waals surface area contributed by atoms with Crippen molar-refractivity contribution in [1.29, 1.82) is 0 Å². The number of ether oxygens (including phenoxy) is 1. The van der Waals surface area contributed by atoms with Gasteiger partial charge in [-0.25, -0.2) is 0 Å². The van der Waals surface area contributed by atoms with Gasteiger partial charge in [-0.05, 0) is 12.8 Å². The maximum Gasteiger partial charge on any atom is 0.323 e. The zero-order valence-corrected chi connectivity index (χ0v) is 16.3. The standard InChI is InChI=1S/C19H24N4O5/c1-19(2,3)13-8-14-22(10-15(24)25)16-12(17(26)23(14)20-13)9-21(18(16)27)11-4-6-28-7-5-11/h8,11H,4-7,9-10H2,1-3H3,(H,24,25). The third-order valence-corrected chi connectivity index (χ3v) is 5.46. The average Bonchev–Trinajstić information content (AvgIpc) is 3.22. The van der Waals surface area contributed by atoms with E-state index in [1.54, 1.807) is 11.0 Å². The fourth-order valence-electron chi connectivity index (χ4n) is 3.94. The van der Waals surface area contributed by atoms with E-state index < -0.39 is 12.5 Å². The summed E-state index contributed by atoms with van der Waals surface area (Å²) in [5.74, 6) is -1.37. The van der Waals surface area contributed by atoms with Gasteiger partial charge in [-0.15, -0.1) is 0 Å². The molecule has 1 amide bonds. The number of rotatable bonds is 3. The van der Waals surface area contributed by atoms with Gasteiger partial charge in [0.2, 0.25) is 0 Å². The normalized spacial score (nSPS) is 18.1. The van der Waals surface area contributed by atoms with E-state index in [-0.39, 0.29) is 35.2 Å². The van der Waals surface area contributed by atoms with E-state index in [1.165, 1.54) is 9.08 Å². The van der Waals surface area contributed by atoms with E-state index >= 15 is 0 Å². The monoisotopic (exact) mass is 388 g/mol. The average molecular weight is 388 g/mol. The third kappa shape index (κ3) is 2.90. The number of carboxylic acid groups (broad SMARTS) is 1. The van der Waals surface area contributed by atoms with Gasteiger partial charge < -0.3 is 19.3 Å². The minimum Gasteiger partial charge on any atom is -0.480 e. The molecular formula is C19H24N4O5. The zero-order chi connectivity index (χ0) is 20.2. The number of aliphatic carboxylic acids is 1. The van der Waals surface area contributed by atoms with Gasteiger partial charge in [0, 0.05) is 30.7 Å². The highest BCUT2D eigenvalue weighted by Gasteiger charge is 2.39. The molecule has 0 atom stereocenters. The van der Waals surface area contributed by atoms with Crippen molar-refractivity contribution in [2.24, 2.45) is 0 Å². The molecule has 2 aliphatic rings. The highest BCUT2D eigenvalue weighted by Crippen LogP contribution is 2.29. The van der Waals surface area contributed by atoms with E-state index in [1.807, 2.05) is 20.8 Å². The van der Waals surface area contributed by atoms with Crippen molar-refractivity contribution in [1.82, 2.24) is 19.1 Å². The Balaban J connectivity index is 1.90. The number of fused-ring (bicyclic) bond motifs is 2. The summed E-state index contributed by atoms with van der Waals surface area (Å²) in [6.45, 7) is 6.81. The minimum absolute atomic E-state index is 0.0104. The Kier molecular flexibility index (Phi) is 4.29. The van der Waals surface area contributed by atoms with Crippen LogP contribution >= 0.6 is 0 Å². The molecule has 9 nitrogen and oxygen atoms in total. The molecule has 0 saturated carbocycles. The van der Waals surface area contributed by atoms with Gasteiger partial charge in [0.05, 0.1) is 17.8 Å². The lowest BCUT2D eigenvalue weighted by Gasteiger charge is -2.30. The Morgan fingerprint density at radius 1 is 1.29 bits per heavy atom. The fraction of sp³-hybridized carbons (Fsp3) is 0.579. The molecule has 2 aromatic rings. The summed E-state index contributed by atoms with van der Waals surface area (Å²) in [6, 6.07) is 1.69. The fourth-order valence-corrected chi connectivity index (χ4v) is 3.94. The zero-order valence-electron chi connectivity index (χ0n) is 16.3. The van der Waals surface area contributed by atoms with E-state index in [0.717, 1.165) is 0 Å². The molecule has 4 rings (SSSR count). The molecule has 28 heavy (non-hydrogen) atoms. The number of hydrogen-bond acceptors (Lipinski definition) is 5. The second kappa shape index (κ2) is 6.44. The lowest BCUT2D eigenvalue weighted by molar-refractivity contribution is -0.137. The molecule has 1 saturated heterocycles. The van der Waals surface area contributed by atoms with Crippen LogP contribution < -0.4 is 5.56 Å². The van der Waals surface area contributed by atoms with Gasteiger partial charge in [-0.3, -0.25) is 14.4 Å². The molecule has 0 aliphatic carbocycles. The molecular weight excluding hydrogens is 364 g/mol. The van der Waals surface area contributed by atoms with Gasteiger partial charge in [0.15, 0.2) is 0 Å². The second-order valence-electron chi connectivity index (χ2n) is 8.44. The van der Waals surface area contributed by atoms with Crippen molar-refractivity contribution in [3.05, 3.63) is 33.4 Å². The largest absolute Gasteiger partial charge is 0.480 e. The van der Waals surface area contributed by atoms with Crippen LogP contribution in [0.4, 0.5) is 0 Å². The van der Waals surface area contributed by atoms with Gasteiger partial charge in [-0.1, -0.05) is 20.8 Å². The van der Waals surface area contributed by atoms with Crippen LogP contribution in [0.2, 0.25) is 0 Å². The third-order valence-electron chi connectivity index (χ3n) is 5.46. The molecule has 9 heteroatoms. The molecule has 0 aromatic carbocycles. The number of carboxylic acids is 1. The molecule has 0 bridgehead atoms. The summed E-state index contributed by atoms with van der Waals surface area (Å²) < 4.78 is 8.03. The van der Waals surface area contributed by atoms with Crippen LogP contribution in [-0.2, 0) is 28.0 Å². The molecule has 0 radical (unpaired) electrons. The predicted octanol–water partition coefficient (Wildman–Crippen LogP) is 1.01. The summed E-state index contributed by atoms with van der Waals surface area (Å²) in [5.41, 5.74) is 0.812. The highest BCUT2D eigenvalue weighted by atomic mass is 16.5. The summed E-state index contributed by atoms with van der Waals surface area (Å²) in [5, 5.41) is 13.9. The van der Waals surface area contributed by atoms with Gasteiger partial charge >= 0.3 is 5.97 Å². The van der Waals surface area contributed by atoms with Crippen molar-refractivity contribution in [2.45, 2.75) is 58.2 Å². The first-order valence-electron chi connectivity index (χ1n) is 9.45. The quantitative estimate of drug-likeness (QED) is 0.841. The lowest BCUT2D eigenvalue weighted by atomic mass is 9.93. The Morgan fingerprint density at radius 3 is 2.57 bits per heavy atom. The summed E-state index contributed by atoms with van der Waals surface area (Å²) >= 11 is 0. The molecule has 1 N–H and O–H groups in total. The van der Waals surface area contributed by atoms with Crippen LogP contribution in [0.15, 0.2) is 10.9 Å². The Hall–Kier alpha value is -2.68. The topological polar surface area (TPSA) is 106 Å². The second-order valence-corrected chi connectivity index (χ2v) is 8.44. The lowest BCUT2D eigenvalue weighted by Crippen LogP contribution is -2.40. The van der Waals surface area contributed by atoms with Crippen molar-refractivity contribution in [3.8, 4) is 0 Å². The summed E-state index contributed by atoms with van der Waals surface area (Å²) in [7, 11) is 0. The van der Waals surface area contributed by atoms with Crippen molar-refractivity contribution in [3.63, 3.8) is 0 Å². The first-order valence-corrected chi connectivity index (χ1v) is 9.45. The Labute approximate surface area is 161 Å². The first-order chi connectivity index (χ1) is 13.2. The molecule has 1 fully saturated rings. The van der Waals surface area contributed by atoms with Crippen molar-refractivity contribution in [2.75, 3.05) is 13.2 Å². The molecule has 0 unspecified atom stereocenters. The van der Waals surface area contributed by atoms with Crippen LogP contribution in [0.3, 0.4) is 0 Å². The van der Waals surface area contributed by atoms with Crippen LogP contribution in [0.5, 0.6) is 0 Å². The van der Waals surface area contributed by atoms with E-state index in [4.69, 9.17) is 4.74 Å². The summed E-state index contributed by atoms with van der Waals surface area (Å²) in [6.07, 6.45) is 1.41. The number of carbonyl (C=O) groups excluding carboxylic acids is 1. The van der Waals surface area contributed by atoms with Crippen LogP contribution in [0.1, 0.15) is 55.4 Å². The maximum absolute atomic E-state index is 13.2. The first kappa shape index (κ1) is 18.7. The van der Waals surface area contributed by atoms with Crippen molar-refractivity contribution >= 4 is 17.5 Å². The molecule has 150 valence electrons. The summed E-state index contributed by atoms with van der Waals surface area (Å²) in [4.78, 5) is 39.5. The number of nitrogens with zero attached hydrogens (tertiary/aromatic N) is 4. The predicted molar refractivity (Wildman–Crippen MR) is 99.5 cm³/mol. The van der Waals surface area contributed by atoms with Gasteiger partial charge in [0.1, 0.15) is 17.9 Å².